The molecule has 0 aliphatic carbocycles. The zero-order chi connectivity index (χ0) is 15.1. The monoisotopic (exact) mass is 328 g/mol. The third-order valence-corrected chi connectivity index (χ3v) is 4.25. The van der Waals surface area contributed by atoms with Crippen molar-refractivity contribution >= 4 is 12.4 Å². The van der Waals surface area contributed by atoms with Gasteiger partial charge in [0.25, 0.3) is 0 Å². The lowest BCUT2D eigenvalue weighted by molar-refractivity contribution is 0.207. The normalized spacial score (nSPS) is 17.9. The van der Waals surface area contributed by atoms with Crippen molar-refractivity contribution in [3.8, 4) is 11.5 Å². The molecule has 1 aromatic rings. The van der Waals surface area contributed by atoms with Gasteiger partial charge in [0.15, 0.2) is 0 Å². The summed E-state index contributed by atoms with van der Waals surface area (Å²) in [4.78, 5) is 2.50. The predicted molar refractivity (Wildman–Crippen MR) is 93.3 cm³/mol. The van der Waals surface area contributed by atoms with Crippen molar-refractivity contribution in [2.75, 3.05) is 40.4 Å². The van der Waals surface area contributed by atoms with Crippen molar-refractivity contribution in [1.29, 1.82) is 0 Å². The summed E-state index contributed by atoms with van der Waals surface area (Å²) >= 11 is 0. The van der Waals surface area contributed by atoms with Crippen molar-refractivity contribution in [3.05, 3.63) is 23.8 Å². The molecule has 4 nitrogen and oxygen atoms in total. The van der Waals surface area contributed by atoms with E-state index in [0.717, 1.165) is 43.6 Å². The highest BCUT2D eigenvalue weighted by molar-refractivity contribution is 5.85. The highest BCUT2D eigenvalue weighted by atomic mass is 35.5. The quantitative estimate of drug-likeness (QED) is 0.834. The molecule has 0 radical (unpaired) electrons. The summed E-state index contributed by atoms with van der Waals surface area (Å²) < 4.78 is 10.8. The molecule has 126 valence electrons. The fourth-order valence-corrected chi connectivity index (χ4v) is 2.97. The second-order valence-corrected chi connectivity index (χ2v) is 5.72. The van der Waals surface area contributed by atoms with Crippen molar-refractivity contribution in [1.82, 2.24) is 10.2 Å². The lowest BCUT2D eigenvalue weighted by Crippen LogP contribution is -2.38. The van der Waals surface area contributed by atoms with Crippen LogP contribution < -0.4 is 14.8 Å². The minimum atomic E-state index is 0. The number of halogens is 1. The Balaban J connectivity index is 0.00000242. The molecule has 0 spiro atoms. The molecule has 0 bridgehead atoms. The van der Waals surface area contributed by atoms with Crippen LogP contribution in [0.1, 0.15) is 25.3 Å². The zero-order valence-corrected chi connectivity index (χ0v) is 14.7. The van der Waals surface area contributed by atoms with E-state index in [1.54, 1.807) is 14.2 Å². The smallest absolute Gasteiger partial charge is 0.127 e. The van der Waals surface area contributed by atoms with Gasteiger partial charge in [-0.2, -0.15) is 0 Å². The number of nitrogens with one attached hydrogen (secondary N) is 1. The number of hydrogen-bond donors (Lipinski definition) is 1. The Morgan fingerprint density at radius 1 is 1.27 bits per heavy atom. The first-order valence-electron chi connectivity index (χ1n) is 7.90. The number of ether oxygens (including phenoxy) is 2. The number of rotatable bonds is 7. The van der Waals surface area contributed by atoms with Gasteiger partial charge in [-0.05, 0) is 44.5 Å². The maximum atomic E-state index is 5.50. The molecule has 1 N–H and O–H groups in total. The van der Waals surface area contributed by atoms with Crippen LogP contribution >= 0.6 is 12.4 Å². The minimum Gasteiger partial charge on any atom is -0.497 e. The van der Waals surface area contributed by atoms with E-state index >= 15 is 0 Å². The third kappa shape index (κ3) is 5.34. The zero-order valence-electron chi connectivity index (χ0n) is 13.9. The lowest BCUT2D eigenvalue weighted by Gasteiger charge is -2.29. The van der Waals surface area contributed by atoms with Crippen LogP contribution in [0, 0.1) is 5.92 Å². The largest absolute Gasteiger partial charge is 0.497 e. The molecule has 22 heavy (non-hydrogen) atoms. The molecular weight excluding hydrogens is 300 g/mol. The van der Waals surface area contributed by atoms with Crippen LogP contribution in [0.2, 0.25) is 0 Å². The molecule has 0 amide bonds. The number of benzene rings is 1. The van der Waals surface area contributed by atoms with Gasteiger partial charge < -0.3 is 14.8 Å². The first-order valence-corrected chi connectivity index (χ1v) is 7.90. The van der Waals surface area contributed by atoms with E-state index in [9.17, 15) is 0 Å². The summed E-state index contributed by atoms with van der Waals surface area (Å²) in [6.07, 6.45) is 2.64. The van der Waals surface area contributed by atoms with E-state index in [0.29, 0.717) is 0 Å². The van der Waals surface area contributed by atoms with Crippen LogP contribution in [0.15, 0.2) is 18.2 Å². The molecule has 1 aliphatic heterocycles. The number of piperidine rings is 1. The van der Waals surface area contributed by atoms with Gasteiger partial charge >= 0.3 is 0 Å². The van der Waals surface area contributed by atoms with Crippen LogP contribution in [0.25, 0.3) is 0 Å². The van der Waals surface area contributed by atoms with Crippen molar-refractivity contribution < 1.29 is 9.47 Å². The lowest BCUT2D eigenvalue weighted by atomic mass is 9.99. The summed E-state index contributed by atoms with van der Waals surface area (Å²) in [7, 11) is 3.41. The highest BCUT2D eigenvalue weighted by Crippen LogP contribution is 2.26. The molecule has 1 fully saturated rings. The van der Waals surface area contributed by atoms with Crippen LogP contribution in [0.4, 0.5) is 0 Å². The van der Waals surface area contributed by atoms with Crippen LogP contribution in [-0.4, -0.2) is 45.3 Å². The van der Waals surface area contributed by atoms with Crippen molar-refractivity contribution in [2.45, 2.75) is 26.3 Å². The second-order valence-electron chi connectivity index (χ2n) is 5.72. The fourth-order valence-electron chi connectivity index (χ4n) is 2.97. The Bertz CT molecular complexity index is 437. The van der Waals surface area contributed by atoms with E-state index in [2.05, 4.69) is 23.2 Å². The maximum absolute atomic E-state index is 5.50. The van der Waals surface area contributed by atoms with Gasteiger partial charge in [0, 0.05) is 24.7 Å². The molecule has 1 unspecified atom stereocenters. The molecule has 1 saturated heterocycles. The molecule has 1 aliphatic rings. The molecule has 0 aromatic heterocycles. The van der Waals surface area contributed by atoms with Gasteiger partial charge in [0.2, 0.25) is 0 Å². The van der Waals surface area contributed by atoms with Gasteiger partial charge in [0.05, 0.1) is 14.2 Å². The first-order chi connectivity index (χ1) is 10.3. The second kappa shape index (κ2) is 9.93. The average molecular weight is 329 g/mol. The van der Waals surface area contributed by atoms with Crippen LogP contribution in [-0.2, 0) is 6.54 Å². The SMILES string of the molecule is CCN(Cc1ccc(OC)cc1OC)CC1CCCNC1.Cl. The first kappa shape index (κ1) is 19.1. The molecule has 2 rings (SSSR count). The number of methoxy groups -OCH3 is 2. The van der Waals surface area contributed by atoms with Gasteiger partial charge in [-0.1, -0.05) is 13.0 Å². The Morgan fingerprint density at radius 3 is 2.68 bits per heavy atom. The van der Waals surface area contributed by atoms with E-state index < -0.39 is 0 Å². The molecular formula is C17H29ClN2O2. The molecule has 0 saturated carbocycles. The number of nitrogens with zero attached hydrogens (tertiary/aromatic N) is 1. The number of hydrogen-bond acceptors (Lipinski definition) is 4. The predicted octanol–water partition coefficient (Wildman–Crippen LogP) is 2.95. The Labute approximate surface area is 140 Å². The van der Waals surface area contributed by atoms with E-state index in [4.69, 9.17) is 9.47 Å². The summed E-state index contributed by atoms with van der Waals surface area (Å²) in [6, 6.07) is 6.08. The Morgan fingerprint density at radius 2 is 2.09 bits per heavy atom. The molecule has 5 heteroatoms. The highest BCUT2D eigenvalue weighted by Gasteiger charge is 2.17. The Kier molecular flexibility index (Phi) is 8.61. The minimum absolute atomic E-state index is 0. The van der Waals surface area contributed by atoms with Gasteiger partial charge in [-0.15, -0.1) is 12.4 Å². The third-order valence-electron chi connectivity index (χ3n) is 4.25. The van der Waals surface area contributed by atoms with E-state index in [1.807, 2.05) is 12.1 Å². The topological polar surface area (TPSA) is 33.7 Å². The standard InChI is InChI=1S/C17H28N2O2.ClH/c1-4-19(12-14-6-5-9-18-11-14)13-15-7-8-16(20-2)10-17(15)21-3;/h7-8,10,14,18H,4-6,9,11-13H2,1-3H3;1H. The van der Waals surface area contributed by atoms with E-state index in [-0.39, 0.29) is 12.4 Å². The summed E-state index contributed by atoms with van der Waals surface area (Å²) in [6.45, 7) is 7.70. The average Bonchev–Trinajstić information content (AvgIpc) is 2.55. The summed E-state index contributed by atoms with van der Waals surface area (Å²) in [5.41, 5.74) is 1.23. The summed E-state index contributed by atoms with van der Waals surface area (Å²) in [5, 5.41) is 3.50. The van der Waals surface area contributed by atoms with Crippen LogP contribution in [0.5, 0.6) is 11.5 Å². The maximum Gasteiger partial charge on any atom is 0.127 e. The fraction of sp³-hybridized carbons (Fsp3) is 0.647. The van der Waals surface area contributed by atoms with Gasteiger partial charge in [0.1, 0.15) is 11.5 Å². The van der Waals surface area contributed by atoms with Gasteiger partial charge in [-0.25, -0.2) is 0 Å². The molecule has 1 atom stereocenters. The van der Waals surface area contributed by atoms with Crippen LogP contribution in [0.3, 0.4) is 0 Å². The van der Waals surface area contributed by atoms with E-state index in [1.165, 1.54) is 24.9 Å². The molecule has 1 heterocycles. The summed E-state index contributed by atoms with van der Waals surface area (Å²) in [5.74, 6) is 2.52. The van der Waals surface area contributed by atoms with Crippen molar-refractivity contribution in [3.63, 3.8) is 0 Å². The van der Waals surface area contributed by atoms with Gasteiger partial charge in [-0.3, -0.25) is 4.90 Å². The van der Waals surface area contributed by atoms with Crippen molar-refractivity contribution in [2.24, 2.45) is 5.92 Å². The Hall–Kier alpha value is -0.970. The molecule has 1 aromatic carbocycles.